The predicted molar refractivity (Wildman–Crippen MR) is 107 cm³/mol. The Morgan fingerprint density at radius 1 is 1.07 bits per heavy atom. The van der Waals surface area contributed by atoms with E-state index < -0.39 is 17.8 Å². The molecular formula is C22H20N2O6. The third kappa shape index (κ3) is 3.69. The Kier molecular flexibility index (Phi) is 5.33. The number of nitrogens with zero attached hydrogens (tertiary/aromatic N) is 1. The topological polar surface area (TPSA) is 102 Å². The van der Waals surface area contributed by atoms with Crippen molar-refractivity contribution in [2.45, 2.75) is 18.9 Å². The zero-order valence-corrected chi connectivity index (χ0v) is 16.3. The zero-order chi connectivity index (χ0) is 21.3. The number of hydrogen-bond donors (Lipinski definition) is 1. The molecule has 2 heterocycles. The van der Waals surface area contributed by atoms with Crippen molar-refractivity contribution in [3.63, 3.8) is 0 Å². The van der Waals surface area contributed by atoms with Crippen LogP contribution in [0, 0.1) is 0 Å². The van der Waals surface area contributed by atoms with E-state index in [2.05, 4.69) is 10.1 Å². The average molecular weight is 408 g/mol. The molecule has 4 rings (SSSR count). The number of benzene rings is 2. The Labute approximate surface area is 172 Å². The molecule has 0 bridgehead atoms. The van der Waals surface area contributed by atoms with Crippen molar-refractivity contribution < 1.29 is 28.7 Å². The lowest BCUT2D eigenvalue weighted by Gasteiger charge is -2.17. The van der Waals surface area contributed by atoms with Crippen molar-refractivity contribution in [1.82, 2.24) is 4.90 Å². The lowest BCUT2D eigenvalue weighted by atomic mass is 10.1. The summed E-state index contributed by atoms with van der Waals surface area (Å²) < 4.78 is 10.2. The van der Waals surface area contributed by atoms with Gasteiger partial charge in [-0.15, -0.1) is 0 Å². The summed E-state index contributed by atoms with van der Waals surface area (Å²) in [4.78, 5) is 50.6. The van der Waals surface area contributed by atoms with Crippen LogP contribution in [0.25, 0.3) is 0 Å². The molecule has 3 amide bonds. The van der Waals surface area contributed by atoms with Crippen LogP contribution in [0.3, 0.4) is 0 Å². The molecule has 1 fully saturated rings. The van der Waals surface area contributed by atoms with E-state index in [-0.39, 0.29) is 35.2 Å². The number of nitrogens with one attached hydrogen (secondary N) is 1. The number of esters is 1. The van der Waals surface area contributed by atoms with E-state index in [9.17, 15) is 19.2 Å². The van der Waals surface area contributed by atoms with Gasteiger partial charge in [-0.25, -0.2) is 4.79 Å². The van der Waals surface area contributed by atoms with Crippen LogP contribution in [0.5, 0.6) is 0 Å². The van der Waals surface area contributed by atoms with Crippen molar-refractivity contribution in [2.75, 3.05) is 25.6 Å². The SMILES string of the molecule is COC(=O)c1ccc(NC(=O)c2ccc3c(c2)C(=O)N(CC2CCCO2)C3=O)cc1. The highest BCUT2D eigenvalue weighted by atomic mass is 16.5. The molecule has 1 N–H and O–H groups in total. The lowest BCUT2D eigenvalue weighted by Crippen LogP contribution is -2.36. The number of amides is 3. The summed E-state index contributed by atoms with van der Waals surface area (Å²) in [6.07, 6.45) is 1.59. The average Bonchev–Trinajstić information content (AvgIpc) is 3.36. The highest BCUT2D eigenvalue weighted by Crippen LogP contribution is 2.26. The van der Waals surface area contributed by atoms with Gasteiger partial charge in [-0.1, -0.05) is 0 Å². The maximum atomic E-state index is 12.7. The third-order valence-electron chi connectivity index (χ3n) is 5.21. The standard InChI is InChI=1S/C22H20N2O6/c1-29-22(28)13-4-7-15(8-5-13)23-19(25)14-6-9-17-18(11-14)21(27)24(20(17)26)12-16-3-2-10-30-16/h4-9,11,16H,2-3,10,12H2,1H3,(H,23,25). The van der Waals surface area contributed by atoms with Crippen LogP contribution in [0.4, 0.5) is 5.69 Å². The van der Waals surface area contributed by atoms with Crippen LogP contribution in [-0.4, -0.2) is 55.0 Å². The van der Waals surface area contributed by atoms with Crippen molar-refractivity contribution in [3.05, 3.63) is 64.7 Å². The predicted octanol–water partition coefficient (Wildman–Crippen LogP) is 2.50. The molecule has 1 saturated heterocycles. The van der Waals surface area contributed by atoms with Crippen molar-refractivity contribution >= 4 is 29.4 Å². The van der Waals surface area contributed by atoms with Gasteiger partial charge in [0.15, 0.2) is 0 Å². The molecule has 0 saturated carbocycles. The molecule has 8 heteroatoms. The van der Waals surface area contributed by atoms with Gasteiger partial charge in [0.25, 0.3) is 17.7 Å². The number of rotatable bonds is 5. The second-order valence-corrected chi connectivity index (χ2v) is 7.14. The van der Waals surface area contributed by atoms with E-state index in [1.807, 2.05) is 0 Å². The molecule has 8 nitrogen and oxygen atoms in total. The monoisotopic (exact) mass is 408 g/mol. The molecular weight excluding hydrogens is 388 g/mol. The number of ether oxygens (including phenoxy) is 2. The lowest BCUT2D eigenvalue weighted by molar-refractivity contribution is 0.0475. The first-order chi connectivity index (χ1) is 14.5. The van der Waals surface area contributed by atoms with E-state index in [1.165, 1.54) is 42.3 Å². The van der Waals surface area contributed by atoms with E-state index in [4.69, 9.17) is 4.74 Å². The van der Waals surface area contributed by atoms with Crippen molar-refractivity contribution in [3.8, 4) is 0 Å². The van der Waals surface area contributed by atoms with Crippen molar-refractivity contribution in [2.24, 2.45) is 0 Å². The van der Waals surface area contributed by atoms with E-state index in [1.54, 1.807) is 12.1 Å². The third-order valence-corrected chi connectivity index (χ3v) is 5.21. The number of anilines is 1. The maximum Gasteiger partial charge on any atom is 0.337 e. The van der Waals surface area contributed by atoms with Gasteiger partial charge in [-0.2, -0.15) is 0 Å². The van der Waals surface area contributed by atoms with Crippen LogP contribution < -0.4 is 5.32 Å². The number of fused-ring (bicyclic) bond motifs is 1. The first-order valence-electron chi connectivity index (χ1n) is 9.59. The second-order valence-electron chi connectivity index (χ2n) is 7.14. The summed E-state index contributed by atoms with van der Waals surface area (Å²) in [7, 11) is 1.29. The Hall–Kier alpha value is -3.52. The number of methoxy groups -OCH3 is 1. The Morgan fingerprint density at radius 3 is 2.43 bits per heavy atom. The summed E-state index contributed by atoms with van der Waals surface area (Å²) >= 11 is 0. The molecule has 30 heavy (non-hydrogen) atoms. The minimum absolute atomic E-state index is 0.136. The zero-order valence-electron chi connectivity index (χ0n) is 16.3. The Morgan fingerprint density at radius 2 is 1.77 bits per heavy atom. The maximum absolute atomic E-state index is 12.7. The molecule has 0 spiro atoms. The second kappa shape index (κ2) is 8.08. The van der Waals surface area contributed by atoms with Gasteiger partial charge in [-0.05, 0) is 55.3 Å². The molecule has 0 radical (unpaired) electrons. The van der Waals surface area contributed by atoms with Crippen LogP contribution in [0.15, 0.2) is 42.5 Å². The molecule has 2 aliphatic heterocycles. The first-order valence-corrected chi connectivity index (χ1v) is 9.59. The van der Waals surface area contributed by atoms with Crippen LogP contribution in [0.1, 0.15) is 54.3 Å². The summed E-state index contributed by atoms with van der Waals surface area (Å²) in [5.74, 6) is -1.68. The van der Waals surface area contributed by atoms with Crippen LogP contribution in [0.2, 0.25) is 0 Å². The van der Waals surface area contributed by atoms with Gasteiger partial charge >= 0.3 is 5.97 Å². The van der Waals surface area contributed by atoms with E-state index >= 15 is 0 Å². The fourth-order valence-corrected chi connectivity index (χ4v) is 3.60. The van der Waals surface area contributed by atoms with Gasteiger partial charge in [0.1, 0.15) is 0 Å². The summed E-state index contributed by atoms with van der Waals surface area (Å²) in [6, 6.07) is 10.7. The summed E-state index contributed by atoms with van der Waals surface area (Å²) in [6.45, 7) is 0.860. The fraction of sp³-hybridized carbons (Fsp3) is 0.273. The fourth-order valence-electron chi connectivity index (χ4n) is 3.60. The normalized spacial score (nSPS) is 17.8. The number of imide groups is 1. The molecule has 2 aromatic rings. The highest BCUT2D eigenvalue weighted by molar-refractivity contribution is 6.22. The quantitative estimate of drug-likeness (QED) is 0.603. The Bertz CT molecular complexity index is 1020. The molecule has 0 aliphatic carbocycles. The van der Waals surface area contributed by atoms with Gasteiger partial charge in [-0.3, -0.25) is 19.3 Å². The van der Waals surface area contributed by atoms with Gasteiger partial charge in [0, 0.05) is 17.9 Å². The first kappa shape index (κ1) is 19.8. The number of carbonyl (C=O) groups excluding carboxylic acids is 4. The van der Waals surface area contributed by atoms with Gasteiger partial charge < -0.3 is 14.8 Å². The van der Waals surface area contributed by atoms with Crippen LogP contribution in [-0.2, 0) is 9.47 Å². The molecule has 1 unspecified atom stereocenters. The number of carbonyl (C=O) groups is 4. The molecule has 2 aromatic carbocycles. The Balaban J connectivity index is 1.48. The summed E-state index contributed by atoms with van der Waals surface area (Å²) in [5.41, 5.74) is 1.61. The van der Waals surface area contributed by atoms with Crippen molar-refractivity contribution in [1.29, 1.82) is 0 Å². The van der Waals surface area contributed by atoms with E-state index in [0.29, 0.717) is 17.9 Å². The summed E-state index contributed by atoms with van der Waals surface area (Å²) in [5, 5.41) is 2.71. The smallest absolute Gasteiger partial charge is 0.337 e. The molecule has 154 valence electrons. The van der Waals surface area contributed by atoms with Crippen LogP contribution >= 0.6 is 0 Å². The molecule has 1 atom stereocenters. The highest BCUT2D eigenvalue weighted by Gasteiger charge is 2.37. The minimum Gasteiger partial charge on any atom is -0.465 e. The largest absolute Gasteiger partial charge is 0.465 e. The van der Waals surface area contributed by atoms with E-state index in [0.717, 1.165) is 12.8 Å². The minimum atomic E-state index is -0.470. The number of hydrogen-bond acceptors (Lipinski definition) is 6. The molecule has 0 aromatic heterocycles. The molecule has 2 aliphatic rings. The van der Waals surface area contributed by atoms with Gasteiger partial charge in [0.05, 0.1) is 36.4 Å². The van der Waals surface area contributed by atoms with Gasteiger partial charge in [0.2, 0.25) is 0 Å².